The zero-order chi connectivity index (χ0) is 28.3. The van der Waals surface area contributed by atoms with Gasteiger partial charge in [0.1, 0.15) is 12.1 Å². The first-order valence-electron chi connectivity index (χ1n) is 11.2. The van der Waals surface area contributed by atoms with Crippen molar-refractivity contribution in [1.82, 2.24) is 14.2 Å². The van der Waals surface area contributed by atoms with Gasteiger partial charge in [0.2, 0.25) is 15.9 Å². The molecule has 2 aliphatic heterocycles. The third kappa shape index (κ3) is 7.18. The highest BCUT2D eigenvalue weighted by Gasteiger charge is 2.40. The van der Waals surface area contributed by atoms with Crippen LogP contribution >= 0.6 is 0 Å². The SMILES string of the molecule is NC(=O)c1coc(CNc2ccc(S(=O)(=O)N3CC(N4CCC(O)CC4)C3)cc2F)n1.O=C(O)C(F)(F)F. The molecule has 2 aliphatic rings. The molecule has 5 N–H and O–H groups in total. The third-order valence-electron chi connectivity index (χ3n) is 5.90. The number of primary amides is 1. The number of sulfonamides is 1. The number of anilines is 1. The van der Waals surface area contributed by atoms with E-state index in [1.807, 2.05) is 0 Å². The monoisotopic (exact) mass is 567 g/mol. The smallest absolute Gasteiger partial charge is 0.475 e. The number of carbonyl (C=O) groups excluding carboxylic acids is 1. The second kappa shape index (κ2) is 11.6. The van der Waals surface area contributed by atoms with Crippen molar-refractivity contribution in [3.05, 3.63) is 41.9 Å². The molecule has 0 saturated carbocycles. The summed E-state index contributed by atoms with van der Waals surface area (Å²) in [6.07, 6.45) is -2.86. The number of hydrogen-bond acceptors (Lipinski definition) is 9. The van der Waals surface area contributed by atoms with E-state index in [-0.39, 0.29) is 40.9 Å². The van der Waals surface area contributed by atoms with Crippen molar-refractivity contribution in [3.8, 4) is 0 Å². The number of nitrogens with zero attached hydrogens (tertiary/aromatic N) is 3. The van der Waals surface area contributed by atoms with Gasteiger partial charge in [-0.25, -0.2) is 22.6 Å². The highest BCUT2D eigenvalue weighted by atomic mass is 32.2. The number of nitrogens with two attached hydrogens (primary N) is 1. The van der Waals surface area contributed by atoms with Crippen molar-refractivity contribution in [2.24, 2.45) is 5.73 Å². The van der Waals surface area contributed by atoms with Crippen LogP contribution in [0.15, 0.2) is 33.8 Å². The van der Waals surface area contributed by atoms with Gasteiger partial charge >= 0.3 is 12.1 Å². The summed E-state index contributed by atoms with van der Waals surface area (Å²) >= 11 is 0. The lowest BCUT2D eigenvalue weighted by Crippen LogP contribution is -2.62. The summed E-state index contributed by atoms with van der Waals surface area (Å²) in [7, 11) is -3.79. The number of aromatic nitrogens is 1. The Hall–Kier alpha value is -3.28. The molecule has 0 atom stereocenters. The van der Waals surface area contributed by atoms with Gasteiger partial charge in [-0.05, 0) is 31.0 Å². The predicted molar refractivity (Wildman–Crippen MR) is 122 cm³/mol. The number of carbonyl (C=O) groups is 2. The van der Waals surface area contributed by atoms with E-state index in [1.54, 1.807) is 0 Å². The lowest BCUT2D eigenvalue weighted by molar-refractivity contribution is -0.192. The second-order valence-electron chi connectivity index (χ2n) is 8.53. The maximum absolute atomic E-state index is 14.5. The Morgan fingerprint density at radius 2 is 1.82 bits per heavy atom. The average Bonchev–Trinajstić information content (AvgIpc) is 3.27. The Labute approximate surface area is 214 Å². The number of piperidine rings is 1. The molecule has 1 aromatic heterocycles. The average molecular weight is 568 g/mol. The van der Waals surface area contributed by atoms with Crippen molar-refractivity contribution in [2.45, 2.75) is 42.6 Å². The van der Waals surface area contributed by atoms with E-state index in [0.29, 0.717) is 25.9 Å². The van der Waals surface area contributed by atoms with Gasteiger partial charge in [0, 0.05) is 32.2 Å². The standard InChI is InChI=1S/C19H24FN5O5S.C2HF3O2/c20-15-7-14(1-2-16(15)22-8-18-23-17(11-30-18)19(21)27)31(28,29)25-9-12(10-25)24-5-3-13(26)4-6-24;3-2(4,5)1(6)7/h1-2,7,11-13,22,26H,3-6,8-10H2,(H2,21,27);(H,6,7). The molecule has 2 saturated heterocycles. The highest BCUT2D eigenvalue weighted by molar-refractivity contribution is 7.89. The number of alkyl halides is 3. The summed E-state index contributed by atoms with van der Waals surface area (Å²) in [5.74, 6) is -4.08. The van der Waals surface area contributed by atoms with Crippen LogP contribution in [0.3, 0.4) is 0 Å². The molecule has 1 aromatic carbocycles. The quantitative estimate of drug-likeness (QED) is 0.353. The van der Waals surface area contributed by atoms with Crippen LogP contribution in [0.2, 0.25) is 0 Å². The number of amides is 1. The molecule has 2 fully saturated rings. The molecule has 3 heterocycles. The first-order chi connectivity index (χ1) is 17.7. The predicted octanol–water partition coefficient (Wildman–Crippen LogP) is 0.988. The van der Waals surface area contributed by atoms with Gasteiger partial charge in [-0.15, -0.1) is 0 Å². The number of benzene rings is 1. The van der Waals surface area contributed by atoms with E-state index < -0.39 is 33.9 Å². The minimum absolute atomic E-state index is 0.00532. The van der Waals surface area contributed by atoms with Crippen molar-refractivity contribution in [1.29, 1.82) is 0 Å². The summed E-state index contributed by atoms with van der Waals surface area (Å²) < 4.78 is 78.3. The largest absolute Gasteiger partial charge is 0.490 e. The Bertz CT molecular complexity index is 1260. The maximum atomic E-state index is 14.5. The minimum Gasteiger partial charge on any atom is -0.475 e. The lowest BCUT2D eigenvalue weighted by atomic mass is 10.0. The molecule has 0 radical (unpaired) electrons. The van der Waals surface area contributed by atoms with Gasteiger partial charge < -0.3 is 25.7 Å². The molecule has 2 aromatic rings. The van der Waals surface area contributed by atoms with E-state index in [2.05, 4.69) is 15.2 Å². The topological polar surface area (TPSA) is 179 Å². The van der Waals surface area contributed by atoms with Gasteiger partial charge in [-0.2, -0.15) is 17.5 Å². The van der Waals surface area contributed by atoms with Crippen LogP contribution in [0.5, 0.6) is 0 Å². The van der Waals surface area contributed by atoms with Crippen LogP contribution in [-0.2, 0) is 21.4 Å². The minimum atomic E-state index is -5.08. The van der Waals surface area contributed by atoms with Crippen molar-refractivity contribution in [3.63, 3.8) is 0 Å². The number of likely N-dealkylation sites (tertiary alicyclic amines) is 1. The molecule has 12 nitrogen and oxygen atoms in total. The van der Waals surface area contributed by atoms with Gasteiger partial charge in [0.25, 0.3) is 5.91 Å². The van der Waals surface area contributed by atoms with Crippen LogP contribution in [0.4, 0.5) is 23.2 Å². The summed E-state index contributed by atoms with van der Waals surface area (Å²) in [5.41, 5.74) is 5.14. The number of nitrogens with one attached hydrogen (secondary N) is 1. The van der Waals surface area contributed by atoms with Crippen LogP contribution < -0.4 is 11.1 Å². The van der Waals surface area contributed by atoms with Gasteiger partial charge in [-0.1, -0.05) is 0 Å². The maximum Gasteiger partial charge on any atom is 0.490 e. The van der Waals surface area contributed by atoms with E-state index in [9.17, 15) is 35.9 Å². The Kier molecular flexibility index (Phi) is 8.96. The number of aliphatic carboxylic acids is 1. The zero-order valence-electron chi connectivity index (χ0n) is 19.7. The Balaban J connectivity index is 0.000000505. The normalized spacial score (nSPS) is 17.8. The fourth-order valence-electron chi connectivity index (χ4n) is 3.72. The summed E-state index contributed by atoms with van der Waals surface area (Å²) in [6, 6.07) is 3.78. The highest BCUT2D eigenvalue weighted by Crippen LogP contribution is 2.28. The fourth-order valence-corrected chi connectivity index (χ4v) is 5.25. The molecule has 17 heteroatoms. The molecule has 0 aliphatic carbocycles. The molecular formula is C21H25F4N5O7S. The van der Waals surface area contributed by atoms with Crippen LogP contribution in [0.25, 0.3) is 0 Å². The number of carboxylic acid groups (broad SMARTS) is 1. The third-order valence-corrected chi connectivity index (χ3v) is 7.73. The molecule has 1 amide bonds. The first-order valence-corrected chi connectivity index (χ1v) is 12.6. The van der Waals surface area contributed by atoms with E-state index >= 15 is 0 Å². The molecule has 0 spiro atoms. The summed E-state index contributed by atoms with van der Waals surface area (Å²) in [5, 5.41) is 19.5. The molecule has 4 rings (SSSR count). The first kappa shape index (κ1) is 29.3. The van der Waals surface area contributed by atoms with Gasteiger partial charge in [0.05, 0.1) is 23.2 Å². The van der Waals surface area contributed by atoms with Crippen molar-refractivity contribution in [2.75, 3.05) is 31.5 Å². The number of carboxylic acids is 1. The molecule has 0 unspecified atom stereocenters. The Morgan fingerprint density at radius 3 is 2.32 bits per heavy atom. The van der Waals surface area contributed by atoms with E-state index in [1.165, 1.54) is 16.4 Å². The fraction of sp³-hybridized carbons (Fsp3) is 0.476. The number of halogens is 4. The lowest BCUT2D eigenvalue weighted by Gasteiger charge is -2.46. The zero-order valence-corrected chi connectivity index (χ0v) is 20.5. The number of aliphatic hydroxyl groups excluding tert-OH is 1. The van der Waals surface area contributed by atoms with Gasteiger partial charge in [-0.3, -0.25) is 9.69 Å². The molecule has 38 heavy (non-hydrogen) atoms. The van der Waals surface area contributed by atoms with Crippen molar-refractivity contribution >= 4 is 27.6 Å². The number of aliphatic hydroxyl groups is 1. The van der Waals surface area contributed by atoms with Crippen molar-refractivity contribution < 1.29 is 50.2 Å². The number of hydrogen-bond donors (Lipinski definition) is 4. The molecular weight excluding hydrogens is 542 g/mol. The summed E-state index contributed by atoms with van der Waals surface area (Å²) in [4.78, 5) is 25.9. The number of oxazole rings is 1. The second-order valence-corrected chi connectivity index (χ2v) is 10.5. The number of rotatable bonds is 7. The Morgan fingerprint density at radius 1 is 1.21 bits per heavy atom. The molecule has 210 valence electrons. The van der Waals surface area contributed by atoms with E-state index in [0.717, 1.165) is 25.4 Å². The van der Waals surface area contributed by atoms with E-state index in [4.69, 9.17) is 20.1 Å². The van der Waals surface area contributed by atoms with Gasteiger partial charge in [0.15, 0.2) is 5.69 Å². The van der Waals surface area contributed by atoms with Crippen LogP contribution in [0, 0.1) is 5.82 Å². The summed E-state index contributed by atoms with van der Waals surface area (Å²) in [6.45, 7) is 2.20. The molecule has 0 bridgehead atoms. The van der Waals surface area contributed by atoms with Crippen LogP contribution in [0.1, 0.15) is 29.2 Å². The van der Waals surface area contributed by atoms with Crippen LogP contribution in [-0.4, -0.2) is 89.2 Å².